The Morgan fingerprint density at radius 3 is 2.76 bits per heavy atom. The molecule has 3 aromatic rings. The first-order valence-electron chi connectivity index (χ1n) is 8.92. The molecule has 2 aromatic carbocycles. The maximum absolute atomic E-state index is 13.0. The van der Waals surface area contributed by atoms with Crippen LogP contribution >= 0.6 is 11.3 Å². The summed E-state index contributed by atoms with van der Waals surface area (Å²) in [7, 11) is 1.58. The van der Waals surface area contributed by atoms with Gasteiger partial charge in [-0.1, -0.05) is 0 Å². The van der Waals surface area contributed by atoms with Crippen LogP contribution in [-0.4, -0.2) is 30.8 Å². The van der Waals surface area contributed by atoms with Crippen molar-refractivity contribution in [1.29, 1.82) is 0 Å². The molecule has 0 bridgehead atoms. The molecular formula is C21H20FN3O3S. The third-order valence-corrected chi connectivity index (χ3v) is 4.82. The molecule has 0 aliphatic carbocycles. The van der Waals surface area contributed by atoms with E-state index in [1.807, 2.05) is 13.0 Å². The number of hydrazone groups is 1. The monoisotopic (exact) mass is 413 g/mol. The number of ether oxygens (including phenoxy) is 2. The molecule has 1 heterocycles. The minimum atomic E-state index is -0.298. The van der Waals surface area contributed by atoms with Crippen LogP contribution in [0.25, 0.3) is 10.6 Å². The second-order valence-electron chi connectivity index (χ2n) is 5.96. The van der Waals surface area contributed by atoms with E-state index >= 15 is 0 Å². The molecule has 3 rings (SSSR count). The summed E-state index contributed by atoms with van der Waals surface area (Å²) in [6.07, 6.45) is 1.63. The highest BCUT2D eigenvalue weighted by molar-refractivity contribution is 7.13. The molecule has 0 spiro atoms. The number of methoxy groups -OCH3 is 1. The summed E-state index contributed by atoms with van der Waals surface area (Å²) in [5.41, 5.74) is 4.70. The average molecular weight is 413 g/mol. The first-order chi connectivity index (χ1) is 14.1. The minimum absolute atomic E-state index is 0.0991. The lowest BCUT2D eigenvalue weighted by Crippen LogP contribution is -2.19. The van der Waals surface area contributed by atoms with E-state index in [0.717, 1.165) is 16.1 Å². The lowest BCUT2D eigenvalue weighted by Gasteiger charge is -2.09. The number of carbonyl (C=O) groups excluding carboxylic acids is 1. The second-order valence-corrected chi connectivity index (χ2v) is 6.82. The first-order valence-corrected chi connectivity index (χ1v) is 9.80. The number of halogens is 1. The van der Waals surface area contributed by atoms with Crippen LogP contribution in [0, 0.1) is 5.82 Å². The molecule has 1 N–H and O–H groups in total. The van der Waals surface area contributed by atoms with Gasteiger partial charge < -0.3 is 9.47 Å². The molecule has 0 saturated heterocycles. The Kier molecular flexibility index (Phi) is 6.91. The number of amides is 1. The number of hydrogen-bond acceptors (Lipinski definition) is 6. The lowest BCUT2D eigenvalue weighted by molar-refractivity contribution is -0.120. The molecule has 1 amide bonds. The first kappa shape index (κ1) is 20.5. The zero-order chi connectivity index (χ0) is 20.6. The van der Waals surface area contributed by atoms with E-state index in [1.54, 1.807) is 36.8 Å². The molecular weight excluding hydrogens is 393 g/mol. The van der Waals surface area contributed by atoms with Crippen molar-refractivity contribution < 1.29 is 18.7 Å². The highest BCUT2D eigenvalue weighted by Crippen LogP contribution is 2.27. The van der Waals surface area contributed by atoms with Crippen LogP contribution in [0.4, 0.5) is 4.39 Å². The summed E-state index contributed by atoms with van der Waals surface area (Å²) in [6, 6.07) is 11.5. The third kappa shape index (κ3) is 5.61. The average Bonchev–Trinajstić information content (AvgIpc) is 3.17. The number of hydrogen-bond donors (Lipinski definition) is 1. The molecule has 0 aliphatic heterocycles. The van der Waals surface area contributed by atoms with Gasteiger partial charge in [0.25, 0.3) is 0 Å². The molecule has 0 saturated carbocycles. The number of nitrogens with one attached hydrogen (secondary N) is 1. The molecule has 0 fully saturated rings. The fourth-order valence-corrected chi connectivity index (χ4v) is 3.36. The quantitative estimate of drug-likeness (QED) is 0.447. The normalized spacial score (nSPS) is 10.9. The van der Waals surface area contributed by atoms with Crippen molar-refractivity contribution in [2.45, 2.75) is 13.3 Å². The Labute approximate surface area is 172 Å². The molecule has 6 nitrogen and oxygen atoms in total. The smallest absolute Gasteiger partial charge is 0.246 e. The highest BCUT2D eigenvalue weighted by Gasteiger charge is 2.09. The topological polar surface area (TPSA) is 72.8 Å². The maximum atomic E-state index is 13.0. The van der Waals surface area contributed by atoms with E-state index in [0.29, 0.717) is 23.8 Å². The van der Waals surface area contributed by atoms with Crippen LogP contribution in [0.3, 0.4) is 0 Å². The van der Waals surface area contributed by atoms with Crippen molar-refractivity contribution >= 4 is 23.5 Å². The number of aromatic nitrogens is 1. The van der Waals surface area contributed by atoms with E-state index < -0.39 is 0 Å². The van der Waals surface area contributed by atoms with Crippen molar-refractivity contribution in [1.82, 2.24) is 10.4 Å². The van der Waals surface area contributed by atoms with Crippen LogP contribution < -0.4 is 14.9 Å². The lowest BCUT2D eigenvalue weighted by atomic mass is 10.2. The van der Waals surface area contributed by atoms with Crippen molar-refractivity contribution in [2.75, 3.05) is 13.7 Å². The van der Waals surface area contributed by atoms with E-state index in [4.69, 9.17) is 9.47 Å². The molecule has 0 aliphatic rings. The van der Waals surface area contributed by atoms with E-state index in [-0.39, 0.29) is 18.1 Å². The summed E-state index contributed by atoms with van der Waals surface area (Å²) < 4.78 is 23.8. The van der Waals surface area contributed by atoms with Gasteiger partial charge in [0.15, 0.2) is 11.5 Å². The Bertz CT molecular complexity index is 1000. The SMILES string of the molecule is CCOc1cc(/C=N\NC(=O)Cc2csc(-c3ccc(F)cc3)n2)ccc1OC. The summed E-state index contributed by atoms with van der Waals surface area (Å²) in [5.74, 6) is 0.665. The predicted molar refractivity (Wildman–Crippen MR) is 111 cm³/mol. The van der Waals surface area contributed by atoms with Crippen molar-refractivity contribution in [3.63, 3.8) is 0 Å². The van der Waals surface area contributed by atoms with Crippen LogP contribution in [0.2, 0.25) is 0 Å². The molecule has 150 valence electrons. The van der Waals surface area contributed by atoms with Crippen molar-refractivity contribution in [3.8, 4) is 22.1 Å². The minimum Gasteiger partial charge on any atom is -0.493 e. The van der Waals surface area contributed by atoms with Crippen LogP contribution in [0.5, 0.6) is 11.5 Å². The molecule has 1 aromatic heterocycles. The van der Waals surface area contributed by atoms with Gasteiger partial charge in [-0.25, -0.2) is 14.8 Å². The van der Waals surface area contributed by atoms with Gasteiger partial charge in [-0.15, -0.1) is 11.3 Å². The third-order valence-electron chi connectivity index (χ3n) is 3.87. The maximum Gasteiger partial charge on any atom is 0.246 e. The predicted octanol–water partition coefficient (Wildman–Crippen LogP) is 4.05. The Hall–Kier alpha value is -3.26. The number of carbonyl (C=O) groups is 1. The van der Waals surface area contributed by atoms with Gasteiger partial charge in [0.2, 0.25) is 5.91 Å². The van der Waals surface area contributed by atoms with Gasteiger partial charge in [0, 0.05) is 10.9 Å². The van der Waals surface area contributed by atoms with Gasteiger partial charge >= 0.3 is 0 Å². The fourth-order valence-electron chi connectivity index (χ4n) is 2.54. The molecule has 8 heteroatoms. The van der Waals surface area contributed by atoms with E-state index in [9.17, 15) is 9.18 Å². The standard InChI is InChI=1S/C21H20FN3O3S/c1-3-28-19-10-14(4-9-18(19)27-2)12-23-25-20(26)11-17-13-29-21(24-17)15-5-7-16(22)8-6-15/h4-10,12-13H,3,11H2,1-2H3,(H,25,26)/b23-12-. The summed E-state index contributed by atoms with van der Waals surface area (Å²) >= 11 is 1.40. The Balaban J connectivity index is 1.57. The van der Waals surface area contributed by atoms with Crippen molar-refractivity contribution in [3.05, 3.63) is 64.9 Å². The van der Waals surface area contributed by atoms with Crippen LogP contribution in [0.1, 0.15) is 18.2 Å². The summed E-state index contributed by atoms with van der Waals surface area (Å²) in [6.45, 7) is 2.40. The Morgan fingerprint density at radius 2 is 2.03 bits per heavy atom. The largest absolute Gasteiger partial charge is 0.493 e. The molecule has 0 radical (unpaired) electrons. The summed E-state index contributed by atoms with van der Waals surface area (Å²) in [5, 5.41) is 6.52. The van der Waals surface area contributed by atoms with Crippen molar-refractivity contribution in [2.24, 2.45) is 5.10 Å². The number of benzene rings is 2. The van der Waals surface area contributed by atoms with Crippen LogP contribution in [-0.2, 0) is 11.2 Å². The summed E-state index contributed by atoms with van der Waals surface area (Å²) in [4.78, 5) is 16.5. The van der Waals surface area contributed by atoms with Gasteiger partial charge in [-0.05, 0) is 55.0 Å². The van der Waals surface area contributed by atoms with E-state index in [1.165, 1.54) is 29.7 Å². The second kappa shape index (κ2) is 9.79. The molecule has 29 heavy (non-hydrogen) atoms. The van der Waals surface area contributed by atoms with Gasteiger partial charge in [0.1, 0.15) is 10.8 Å². The van der Waals surface area contributed by atoms with Crippen LogP contribution in [0.15, 0.2) is 52.9 Å². The highest BCUT2D eigenvalue weighted by atomic mass is 32.1. The zero-order valence-electron chi connectivity index (χ0n) is 16.0. The molecule has 0 unspecified atom stereocenters. The molecule has 0 atom stereocenters. The van der Waals surface area contributed by atoms with E-state index in [2.05, 4.69) is 15.5 Å². The van der Waals surface area contributed by atoms with Gasteiger partial charge in [0.05, 0.1) is 32.0 Å². The number of rotatable bonds is 8. The van der Waals surface area contributed by atoms with Gasteiger partial charge in [-0.2, -0.15) is 5.10 Å². The number of nitrogens with zero attached hydrogens (tertiary/aromatic N) is 2. The zero-order valence-corrected chi connectivity index (χ0v) is 16.8. The number of thiazole rings is 1. The fraction of sp³-hybridized carbons (Fsp3) is 0.190. The van der Waals surface area contributed by atoms with Gasteiger partial charge in [-0.3, -0.25) is 4.79 Å². The Morgan fingerprint density at radius 1 is 1.24 bits per heavy atom.